The molecule has 11 heteroatoms. The zero-order valence-electron chi connectivity index (χ0n) is 17.5. The molecule has 2 atom stereocenters. The van der Waals surface area contributed by atoms with Crippen LogP contribution in [0.1, 0.15) is 52.9 Å². The number of primary amides is 1. The number of nitrogens with one attached hydrogen (secondary N) is 3. The Hall–Kier alpha value is -2.69. The maximum atomic E-state index is 12.9. The molecule has 11 nitrogen and oxygen atoms in total. The lowest BCUT2D eigenvalue weighted by Gasteiger charge is -2.29. The van der Waals surface area contributed by atoms with Gasteiger partial charge in [-0.25, -0.2) is 4.79 Å². The summed E-state index contributed by atoms with van der Waals surface area (Å²) in [4.78, 5) is 60.7. The van der Waals surface area contributed by atoms with Crippen molar-refractivity contribution in [2.24, 2.45) is 11.5 Å². The molecule has 0 aromatic heterocycles. The largest absolute Gasteiger partial charge is 0.355 e. The fourth-order valence-corrected chi connectivity index (χ4v) is 2.87. The Balaban J connectivity index is 5.33. The van der Waals surface area contributed by atoms with E-state index in [-0.39, 0.29) is 19.4 Å². The summed E-state index contributed by atoms with van der Waals surface area (Å²) in [6.45, 7) is 5.20. The predicted molar refractivity (Wildman–Crippen MR) is 107 cm³/mol. The maximum Gasteiger partial charge on any atom is 0.312 e. The molecule has 0 aliphatic carbocycles. The van der Waals surface area contributed by atoms with Crippen molar-refractivity contribution in [1.82, 2.24) is 20.9 Å². The van der Waals surface area contributed by atoms with Crippen LogP contribution in [-0.4, -0.2) is 66.3 Å². The lowest BCUT2D eigenvalue weighted by atomic mass is 10.0. The number of hydrogen-bond acceptors (Lipinski definition) is 6. The van der Waals surface area contributed by atoms with Crippen molar-refractivity contribution < 1.29 is 24.0 Å². The highest BCUT2D eigenvalue weighted by Crippen LogP contribution is 2.12. The predicted octanol–water partition coefficient (Wildman–Crippen LogP) is -1.05. The molecule has 7 N–H and O–H groups in total. The number of hydrogen-bond donors (Lipinski definition) is 5. The maximum absolute atomic E-state index is 12.9. The molecule has 0 fully saturated rings. The van der Waals surface area contributed by atoms with Crippen molar-refractivity contribution >= 4 is 29.7 Å². The molecule has 0 saturated heterocycles. The van der Waals surface area contributed by atoms with Gasteiger partial charge in [-0.2, -0.15) is 0 Å². The molecule has 0 aliphatic heterocycles. The first-order chi connectivity index (χ1) is 13.6. The molecule has 0 spiro atoms. The van der Waals surface area contributed by atoms with Crippen molar-refractivity contribution in [3.63, 3.8) is 0 Å². The summed E-state index contributed by atoms with van der Waals surface area (Å²) in [5.41, 5.74) is 10.5. The Morgan fingerprint density at radius 3 is 2.00 bits per heavy atom. The molecular formula is C18H34N6O5. The monoisotopic (exact) mass is 414 g/mol. The van der Waals surface area contributed by atoms with Gasteiger partial charge < -0.3 is 27.4 Å². The van der Waals surface area contributed by atoms with Gasteiger partial charge in [-0.3, -0.25) is 24.1 Å². The second kappa shape index (κ2) is 14.3. The molecule has 166 valence electrons. The topological polar surface area (TPSA) is 177 Å². The number of nitrogens with two attached hydrogens (primary N) is 2. The Kier molecular flexibility index (Phi) is 13.0. The molecule has 29 heavy (non-hydrogen) atoms. The number of nitrogens with zero attached hydrogens (tertiary/aromatic N) is 1. The Bertz CT molecular complexity index is 569. The zero-order valence-corrected chi connectivity index (χ0v) is 17.5. The Morgan fingerprint density at radius 1 is 0.897 bits per heavy atom. The van der Waals surface area contributed by atoms with Gasteiger partial charge in [-0.15, -0.1) is 0 Å². The van der Waals surface area contributed by atoms with Gasteiger partial charge in [-0.1, -0.05) is 0 Å². The normalized spacial score (nSPS) is 12.4. The molecule has 0 aromatic rings. The molecule has 0 aromatic carbocycles. The van der Waals surface area contributed by atoms with E-state index in [1.807, 2.05) is 0 Å². The molecule has 6 amide bonds. The first-order valence-corrected chi connectivity index (χ1v) is 9.77. The molecule has 0 saturated carbocycles. The van der Waals surface area contributed by atoms with Crippen LogP contribution < -0.4 is 27.4 Å². The van der Waals surface area contributed by atoms with Crippen molar-refractivity contribution in [3.8, 4) is 0 Å². The number of likely N-dealkylation sites (N-methyl/N-ethyl adjacent to an activating group) is 1. The first-order valence-electron chi connectivity index (χ1n) is 9.77. The van der Waals surface area contributed by atoms with Crippen LogP contribution in [0.2, 0.25) is 0 Å². The van der Waals surface area contributed by atoms with Gasteiger partial charge in [0.15, 0.2) is 0 Å². The van der Waals surface area contributed by atoms with Gasteiger partial charge in [0, 0.05) is 26.9 Å². The number of unbranched alkanes of at least 4 members (excludes halogenated alkanes) is 1. The van der Waals surface area contributed by atoms with Crippen molar-refractivity contribution in [2.45, 2.75) is 65.0 Å². The van der Waals surface area contributed by atoms with Crippen LogP contribution in [0.5, 0.6) is 0 Å². The van der Waals surface area contributed by atoms with E-state index >= 15 is 0 Å². The second-order valence-corrected chi connectivity index (χ2v) is 6.60. The van der Waals surface area contributed by atoms with Gasteiger partial charge in [0.05, 0.1) is 0 Å². The minimum atomic E-state index is -1.03. The van der Waals surface area contributed by atoms with E-state index < -0.39 is 41.7 Å². The zero-order chi connectivity index (χ0) is 22.4. The average Bonchev–Trinajstić information content (AvgIpc) is 2.62. The van der Waals surface area contributed by atoms with Crippen molar-refractivity contribution in [3.05, 3.63) is 0 Å². The van der Waals surface area contributed by atoms with E-state index in [0.717, 1.165) is 4.90 Å². The highest BCUT2D eigenvalue weighted by atomic mass is 16.2. The lowest BCUT2D eigenvalue weighted by Crippen LogP contribution is -2.55. The second-order valence-electron chi connectivity index (χ2n) is 6.60. The van der Waals surface area contributed by atoms with E-state index in [0.29, 0.717) is 32.4 Å². The number of carbonyl (C=O) groups is 5. The van der Waals surface area contributed by atoms with E-state index in [1.54, 1.807) is 6.92 Å². The Morgan fingerprint density at radius 2 is 1.52 bits per heavy atom. The standard InChI is InChI=1S/C18H34N6O5/c1-4-21-16(27)14(8-7-11-22-18(20)29)23-17(28)15(9-5-6-10-19)24(12(2)25)13(3)26/h14-15H,4-11,19H2,1-3H3,(H,21,27)(H,23,28)(H3,20,22,29)/t14-,15-/m0/s1. The number of imide groups is 1. The van der Waals surface area contributed by atoms with Crippen molar-refractivity contribution in [1.29, 1.82) is 0 Å². The van der Waals surface area contributed by atoms with Gasteiger partial charge in [0.25, 0.3) is 0 Å². The number of amides is 6. The molecular weight excluding hydrogens is 380 g/mol. The summed E-state index contributed by atoms with van der Waals surface area (Å²) < 4.78 is 0. The summed E-state index contributed by atoms with van der Waals surface area (Å²) in [7, 11) is 0. The summed E-state index contributed by atoms with van der Waals surface area (Å²) in [6, 6.07) is -2.59. The minimum absolute atomic E-state index is 0.244. The fraction of sp³-hybridized carbons (Fsp3) is 0.722. The van der Waals surface area contributed by atoms with E-state index in [1.165, 1.54) is 13.8 Å². The van der Waals surface area contributed by atoms with Crippen LogP contribution in [0.15, 0.2) is 0 Å². The van der Waals surface area contributed by atoms with Gasteiger partial charge >= 0.3 is 6.03 Å². The van der Waals surface area contributed by atoms with Crippen LogP contribution >= 0.6 is 0 Å². The van der Waals surface area contributed by atoms with Crippen LogP contribution in [-0.2, 0) is 19.2 Å². The van der Waals surface area contributed by atoms with E-state index in [9.17, 15) is 24.0 Å². The van der Waals surface area contributed by atoms with Gasteiger partial charge in [0.2, 0.25) is 23.6 Å². The van der Waals surface area contributed by atoms with Crippen LogP contribution in [0.3, 0.4) is 0 Å². The molecule has 0 heterocycles. The third-order valence-electron chi connectivity index (χ3n) is 4.18. The lowest BCUT2D eigenvalue weighted by molar-refractivity contribution is -0.150. The smallest absolute Gasteiger partial charge is 0.312 e. The van der Waals surface area contributed by atoms with Gasteiger partial charge in [-0.05, 0) is 45.6 Å². The number of rotatable bonds is 13. The number of carbonyl (C=O) groups excluding carboxylic acids is 5. The van der Waals surface area contributed by atoms with Crippen LogP contribution in [0.25, 0.3) is 0 Å². The summed E-state index contributed by atoms with van der Waals surface area (Å²) in [6.07, 6.45) is 2.05. The molecule has 0 aliphatic rings. The summed E-state index contributed by atoms with van der Waals surface area (Å²) in [5, 5.41) is 7.69. The molecule has 0 radical (unpaired) electrons. The van der Waals surface area contributed by atoms with E-state index in [2.05, 4.69) is 16.0 Å². The third kappa shape index (κ3) is 10.4. The Labute approximate surface area is 171 Å². The third-order valence-corrected chi connectivity index (χ3v) is 4.18. The molecule has 0 rings (SSSR count). The fourth-order valence-electron chi connectivity index (χ4n) is 2.87. The summed E-state index contributed by atoms with van der Waals surface area (Å²) >= 11 is 0. The SMILES string of the molecule is CCNC(=O)[C@H](CCCNC(N)=O)NC(=O)[C@H](CCCCN)N(C(C)=O)C(C)=O. The highest BCUT2D eigenvalue weighted by molar-refractivity contribution is 5.99. The average molecular weight is 415 g/mol. The number of urea groups is 1. The molecule has 0 unspecified atom stereocenters. The van der Waals surface area contributed by atoms with E-state index in [4.69, 9.17) is 11.5 Å². The van der Waals surface area contributed by atoms with Crippen LogP contribution in [0, 0.1) is 0 Å². The van der Waals surface area contributed by atoms with Gasteiger partial charge in [0.1, 0.15) is 12.1 Å². The quantitative estimate of drug-likeness (QED) is 0.240. The molecule has 0 bridgehead atoms. The van der Waals surface area contributed by atoms with Crippen molar-refractivity contribution in [2.75, 3.05) is 19.6 Å². The van der Waals surface area contributed by atoms with Crippen LogP contribution in [0.4, 0.5) is 4.79 Å². The minimum Gasteiger partial charge on any atom is -0.355 e. The highest BCUT2D eigenvalue weighted by Gasteiger charge is 2.32. The first kappa shape index (κ1) is 26.3. The summed E-state index contributed by atoms with van der Waals surface area (Å²) in [5.74, 6) is -2.08.